The fourth-order valence-electron chi connectivity index (χ4n) is 2.86. The molecule has 0 unspecified atom stereocenters. The van der Waals surface area contributed by atoms with Gasteiger partial charge in [0.05, 0.1) is 0 Å². The molecule has 0 bridgehead atoms. The topological polar surface area (TPSA) is 68.0 Å². The van der Waals surface area contributed by atoms with Crippen LogP contribution in [-0.4, -0.2) is 32.0 Å². The average molecular weight is 371 g/mol. The van der Waals surface area contributed by atoms with E-state index >= 15 is 0 Å². The maximum Gasteiger partial charge on any atom is 0.433 e. The summed E-state index contributed by atoms with van der Waals surface area (Å²) in [6.07, 6.45) is 0.515. The smallest absolute Gasteiger partial charge is 0.396 e. The molecule has 2 heterocycles. The summed E-state index contributed by atoms with van der Waals surface area (Å²) in [4.78, 5) is 18.5. The number of hydrogen-bond donors (Lipinski definition) is 1. The van der Waals surface area contributed by atoms with E-state index in [2.05, 4.69) is 9.97 Å². The van der Waals surface area contributed by atoms with E-state index in [0.717, 1.165) is 37.6 Å². The van der Waals surface area contributed by atoms with Gasteiger partial charge in [0.25, 0.3) is 0 Å². The zero-order valence-corrected chi connectivity index (χ0v) is 15.0. The highest BCUT2D eigenvalue weighted by Crippen LogP contribution is 2.36. The highest BCUT2D eigenvalue weighted by Gasteiger charge is 2.33. The summed E-state index contributed by atoms with van der Waals surface area (Å²) in [7, 11) is 0. The SMILES string of the molecule is CCCC(=O)CCO.Cc1nc2ccc(C(F)(F)F)nc2n1C1CCC1. The van der Waals surface area contributed by atoms with Gasteiger partial charge in [0.2, 0.25) is 0 Å². The van der Waals surface area contributed by atoms with Crippen molar-refractivity contribution in [3.8, 4) is 0 Å². The number of ketones is 1. The lowest BCUT2D eigenvalue weighted by molar-refractivity contribution is -0.141. The van der Waals surface area contributed by atoms with Gasteiger partial charge in [-0.2, -0.15) is 13.2 Å². The molecule has 0 spiro atoms. The number of alkyl halides is 3. The predicted molar refractivity (Wildman–Crippen MR) is 91.8 cm³/mol. The minimum Gasteiger partial charge on any atom is -0.396 e. The van der Waals surface area contributed by atoms with E-state index in [1.807, 2.05) is 18.4 Å². The van der Waals surface area contributed by atoms with Gasteiger partial charge >= 0.3 is 6.18 Å². The Morgan fingerprint density at radius 1 is 1.27 bits per heavy atom. The number of pyridine rings is 1. The van der Waals surface area contributed by atoms with Crippen molar-refractivity contribution in [2.75, 3.05) is 6.61 Å². The molecule has 2 aromatic heterocycles. The first-order chi connectivity index (χ1) is 12.3. The molecule has 1 N–H and O–H groups in total. The summed E-state index contributed by atoms with van der Waals surface area (Å²) in [6.45, 7) is 3.77. The van der Waals surface area contributed by atoms with Crippen molar-refractivity contribution in [2.45, 2.75) is 64.6 Å². The van der Waals surface area contributed by atoms with E-state index in [9.17, 15) is 18.0 Å². The fraction of sp³-hybridized carbons (Fsp3) is 0.611. The van der Waals surface area contributed by atoms with Crippen molar-refractivity contribution >= 4 is 16.9 Å². The molecule has 0 radical (unpaired) electrons. The van der Waals surface area contributed by atoms with Gasteiger partial charge in [-0.3, -0.25) is 4.79 Å². The number of carbonyl (C=O) groups excluding carboxylic acids is 1. The standard InChI is InChI=1S/C12H12F3N3.C6H12O2/c1-7-16-9-5-6-10(12(13,14)15)17-11(9)18(7)8-3-2-4-8;1-2-3-6(8)4-5-7/h5-6,8H,2-4H2,1H3;7H,2-5H2,1H3. The van der Waals surface area contributed by atoms with Crippen LogP contribution in [0.15, 0.2) is 12.1 Å². The summed E-state index contributed by atoms with van der Waals surface area (Å²) in [5.41, 5.74) is 0.0369. The Kier molecular flexibility index (Phi) is 6.75. The fourth-order valence-corrected chi connectivity index (χ4v) is 2.86. The summed E-state index contributed by atoms with van der Waals surface area (Å²) in [5.74, 6) is 0.900. The van der Waals surface area contributed by atoms with E-state index in [-0.39, 0.29) is 18.4 Å². The second-order valence-corrected chi connectivity index (χ2v) is 6.41. The molecule has 8 heteroatoms. The van der Waals surface area contributed by atoms with Crippen LogP contribution >= 0.6 is 0 Å². The second kappa shape index (κ2) is 8.62. The van der Waals surface area contributed by atoms with E-state index < -0.39 is 11.9 Å². The third-order valence-corrected chi connectivity index (χ3v) is 4.36. The van der Waals surface area contributed by atoms with Crippen LogP contribution in [0.3, 0.4) is 0 Å². The first kappa shape index (κ1) is 20.4. The molecule has 144 valence electrons. The van der Waals surface area contributed by atoms with Gasteiger partial charge in [0, 0.05) is 25.5 Å². The lowest BCUT2D eigenvalue weighted by Crippen LogP contribution is -2.19. The molecule has 3 rings (SSSR count). The molecular formula is C18H24F3N3O2. The largest absolute Gasteiger partial charge is 0.433 e. The molecule has 0 aliphatic heterocycles. The molecular weight excluding hydrogens is 347 g/mol. The van der Waals surface area contributed by atoms with E-state index in [1.165, 1.54) is 6.07 Å². The van der Waals surface area contributed by atoms with Crippen molar-refractivity contribution in [2.24, 2.45) is 0 Å². The second-order valence-electron chi connectivity index (χ2n) is 6.41. The molecule has 1 fully saturated rings. The van der Waals surface area contributed by atoms with Crippen LogP contribution in [0.5, 0.6) is 0 Å². The minimum atomic E-state index is -4.41. The van der Waals surface area contributed by atoms with Crippen LogP contribution in [0.2, 0.25) is 0 Å². The van der Waals surface area contributed by atoms with E-state index in [1.54, 1.807) is 0 Å². The maximum atomic E-state index is 12.7. The predicted octanol–water partition coefficient (Wildman–Crippen LogP) is 4.22. The Bertz CT molecular complexity index is 744. The number of hydrogen-bond acceptors (Lipinski definition) is 4. The van der Waals surface area contributed by atoms with E-state index in [0.29, 0.717) is 24.0 Å². The monoisotopic (exact) mass is 371 g/mol. The van der Waals surface area contributed by atoms with Gasteiger partial charge in [-0.1, -0.05) is 6.92 Å². The average Bonchev–Trinajstić information content (AvgIpc) is 2.82. The molecule has 1 saturated carbocycles. The molecule has 1 aliphatic carbocycles. The molecule has 0 saturated heterocycles. The number of halogens is 3. The molecule has 2 aromatic rings. The van der Waals surface area contributed by atoms with Gasteiger partial charge in [0.15, 0.2) is 5.65 Å². The van der Waals surface area contributed by atoms with Gasteiger partial charge < -0.3 is 9.67 Å². The van der Waals surface area contributed by atoms with Crippen molar-refractivity contribution < 1.29 is 23.1 Å². The van der Waals surface area contributed by atoms with Crippen LogP contribution in [0.4, 0.5) is 13.2 Å². The van der Waals surface area contributed by atoms with Crippen molar-refractivity contribution in [3.63, 3.8) is 0 Å². The quantitative estimate of drug-likeness (QED) is 0.854. The Morgan fingerprint density at radius 2 is 1.96 bits per heavy atom. The van der Waals surface area contributed by atoms with Crippen molar-refractivity contribution in [3.05, 3.63) is 23.7 Å². The zero-order valence-electron chi connectivity index (χ0n) is 15.0. The molecule has 1 aliphatic rings. The highest BCUT2D eigenvalue weighted by molar-refractivity contribution is 5.78. The van der Waals surface area contributed by atoms with Gasteiger partial charge in [-0.15, -0.1) is 0 Å². The van der Waals surface area contributed by atoms with Gasteiger partial charge in [-0.25, -0.2) is 9.97 Å². The Hall–Kier alpha value is -1.96. The number of Topliss-reactive ketones (excluding diaryl/α,β-unsaturated/α-hetero) is 1. The summed E-state index contributed by atoms with van der Waals surface area (Å²) >= 11 is 0. The lowest BCUT2D eigenvalue weighted by atomic mass is 9.93. The van der Waals surface area contributed by atoms with Gasteiger partial charge in [-0.05, 0) is 44.7 Å². The Balaban J connectivity index is 0.000000260. The van der Waals surface area contributed by atoms with Gasteiger partial charge in [0.1, 0.15) is 22.8 Å². The number of fused-ring (bicyclic) bond motifs is 1. The van der Waals surface area contributed by atoms with Crippen molar-refractivity contribution in [1.29, 1.82) is 0 Å². The number of aromatic nitrogens is 3. The molecule has 0 amide bonds. The number of rotatable bonds is 5. The van der Waals surface area contributed by atoms with E-state index in [4.69, 9.17) is 5.11 Å². The maximum absolute atomic E-state index is 12.7. The van der Waals surface area contributed by atoms with Crippen LogP contribution in [0.25, 0.3) is 11.2 Å². The minimum absolute atomic E-state index is 0.00116. The summed E-state index contributed by atoms with van der Waals surface area (Å²) in [6, 6.07) is 2.64. The Labute approximate surface area is 150 Å². The Morgan fingerprint density at radius 3 is 2.46 bits per heavy atom. The first-order valence-corrected chi connectivity index (χ1v) is 8.83. The molecule has 0 aromatic carbocycles. The van der Waals surface area contributed by atoms with Crippen LogP contribution < -0.4 is 0 Å². The normalized spacial score (nSPS) is 14.7. The number of aryl methyl sites for hydroxylation is 1. The van der Waals surface area contributed by atoms with Crippen LogP contribution in [-0.2, 0) is 11.0 Å². The first-order valence-electron chi connectivity index (χ1n) is 8.83. The molecule has 0 atom stereocenters. The van der Waals surface area contributed by atoms with Crippen molar-refractivity contribution in [1.82, 2.24) is 14.5 Å². The number of nitrogens with zero attached hydrogens (tertiary/aromatic N) is 3. The lowest BCUT2D eigenvalue weighted by Gasteiger charge is -2.28. The third-order valence-electron chi connectivity index (χ3n) is 4.36. The summed E-state index contributed by atoms with van der Waals surface area (Å²) in [5, 5.41) is 8.24. The van der Waals surface area contributed by atoms with Crippen LogP contribution in [0, 0.1) is 6.92 Å². The number of aliphatic hydroxyl groups excluding tert-OH is 1. The number of imidazole rings is 1. The third kappa shape index (κ3) is 4.81. The summed E-state index contributed by atoms with van der Waals surface area (Å²) < 4.78 is 39.8. The highest BCUT2D eigenvalue weighted by atomic mass is 19.4. The van der Waals surface area contributed by atoms with Crippen LogP contribution in [0.1, 0.15) is 63.0 Å². The number of aliphatic hydroxyl groups is 1. The molecule has 26 heavy (non-hydrogen) atoms. The number of carbonyl (C=O) groups is 1. The molecule has 5 nitrogen and oxygen atoms in total. The zero-order chi connectivity index (χ0) is 19.3.